The van der Waals surface area contributed by atoms with Gasteiger partial charge in [0.05, 0.1) is 13.1 Å². The Balaban J connectivity index is 2.44. The van der Waals surface area contributed by atoms with Gasteiger partial charge in [-0.05, 0) is 24.3 Å². The summed E-state index contributed by atoms with van der Waals surface area (Å²) >= 11 is 0.426. The van der Waals surface area contributed by atoms with Crippen molar-refractivity contribution in [1.29, 1.82) is 0 Å². The zero-order valence-electron chi connectivity index (χ0n) is 9.86. The number of nitrogens with one attached hydrogen (secondary N) is 2. The molecule has 1 aromatic rings. The Hall–Kier alpha value is -1.67. The molecule has 0 fully saturated rings. The maximum atomic E-state index is 12.1. The maximum Gasteiger partial charge on any atom is 0.288 e. The lowest BCUT2D eigenvalue weighted by molar-refractivity contribution is -0.123. The molecule has 0 saturated carbocycles. The standard InChI is InChI=1S/C11H13F2N3O2S/c12-11(13)19-8-3-1-7(2-4-8)16-10(18)6-15-9(17)5-14/h1-4,11H,5-6,14H2,(H,15,17)(H,16,18). The van der Waals surface area contributed by atoms with Gasteiger partial charge in [-0.1, -0.05) is 11.8 Å². The van der Waals surface area contributed by atoms with E-state index < -0.39 is 17.6 Å². The number of benzene rings is 1. The molecular weight excluding hydrogens is 276 g/mol. The van der Waals surface area contributed by atoms with Gasteiger partial charge in [0.15, 0.2) is 0 Å². The summed E-state index contributed by atoms with van der Waals surface area (Å²) in [6, 6.07) is 5.97. The van der Waals surface area contributed by atoms with Gasteiger partial charge in [0.1, 0.15) is 0 Å². The first kappa shape index (κ1) is 15.4. The predicted octanol–water partition coefficient (Wildman–Crippen LogP) is 1.01. The van der Waals surface area contributed by atoms with Crippen molar-refractivity contribution >= 4 is 29.3 Å². The largest absolute Gasteiger partial charge is 0.346 e. The van der Waals surface area contributed by atoms with Gasteiger partial charge in [0.25, 0.3) is 5.76 Å². The fourth-order valence-electron chi connectivity index (χ4n) is 1.18. The van der Waals surface area contributed by atoms with Gasteiger partial charge in [-0.25, -0.2) is 0 Å². The van der Waals surface area contributed by atoms with Gasteiger partial charge in [-0.2, -0.15) is 8.78 Å². The number of anilines is 1. The Kier molecular flexibility index (Phi) is 6.23. The fraction of sp³-hybridized carbons (Fsp3) is 0.273. The molecule has 8 heteroatoms. The Bertz CT molecular complexity index is 440. The quantitative estimate of drug-likeness (QED) is 0.683. The summed E-state index contributed by atoms with van der Waals surface area (Å²) in [7, 11) is 0. The average Bonchev–Trinajstić information content (AvgIpc) is 2.37. The number of halogens is 2. The van der Waals surface area contributed by atoms with E-state index in [4.69, 9.17) is 5.73 Å². The van der Waals surface area contributed by atoms with Crippen LogP contribution in [0.1, 0.15) is 0 Å². The van der Waals surface area contributed by atoms with Crippen molar-refractivity contribution in [2.75, 3.05) is 18.4 Å². The topological polar surface area (TPSA) is 84.2 Å². The fourth-order valence-corrected chi connectivity index (χ4v) is 1.67. The Morgan fingerprint density at radius 2 is 1.84 bits per heavy atom. The highest BCUT2D eigenvalue weighted by Crippen LogP contribution is 2.25. The SMILES string of the molecule is NCC(=O)NCC(=O)Nc1ccc(SC(F)F)cc1. The molecule has 19 heavy (non-hydrogen) atoms. The summed E-state index contributed by atoms with van der Waals surface area (Å²) in [6.07, 6.45) is 0. The summed E-state index contributed by atoms with van der Waals surface area (Å²) in [4.78, 5) is 22.6. The van der Waals surface area contributed by atoms with Crippen LogP contribution in [0.5, 0.6) is 0 Å². The number of carbonyl (C=O) groups excluding carboxylic acids is 2. The zero-order valence-corrected chi connectivity index (χ0v) is 10.7. The van der Waals surface area contributed by atoms with Crippen molar-refractivity contribution < 1.29 is 18.4 Å². The van der Waals surface area contributed by atoms with Crippen LogP contribution in [-0.2, 0) is 9.59 Å². The third kappa shape index (κ3) is 6.16. The van der Waals surface area contributed by atoms with E-state index in [2.05, 4.69) is 10.6 Å². The van der Waals surface area contributed by atoms with E-state index >= 15 is 0 Å². The van der Waals surface area contributed by atoms with Gasteiger partial charge in [0, 0.05) is 10.6 Å². The van der Waals surface area contributed by atoms with Crippen molar-refractivity contribution in [2.45, 2.75) is 10.7 Å². The second-order valence-electron chi connectivity index (χ2n) is 3.43. The van der Waals surface area contributed by atoms with Gasteiger partial charge in [0.2, 0.25) is 11.8 Å². The first-order valence-electron chi connectivity index (χ1n) is 5.32. The van der Waals surface area contributed by atoms with Crippen LogP contribution in [0, 0.1) is 0 Å². The maximum absolute atomic E-state index is 12.1. The highest BCUT2D eigenvalue weighted by molar-refractivity contribution is 7.99. The van der Waals surface area contributed by atoms with Crippen molar-refractivity contribution in [3.8, 4) is 0 Å². The second-order valence-corrected chi connectivity index (χ2v) is 4.50. The summed E-state index contributed by atoms with van der Waals surface area (Å²) in [5, 5.41) is 4.82. The Labute approximate surface area is 112 Å². The minimum absolute atomic E-state index is 0.188. The molecule has 0 spiro atoms. The lowest BCUT2D eigenvalue weighted by Gasteiger charge is -2.07. The molecule has 1 aromatic carbocycles. The summed E-state index contributed by atoms with van der Waals surface area (Å²) in [5.41, 5.74) is 5.52. The number of nitrogens with two attached hydrogens (primary N) is 1. The number of carbonyl (C=O) groups is 2. The number of rotatable bonds is 6. The van der Waals surface area contributed by atoms with Crippen LogP contribution >= 0.6 is 11.8 Å². The number of amides is 2. The van der Waals surface area contributed by atoms with Crippen LogP contribution in [0.3, 0.4) is 0 Å². The molecule has 104 valence electrons. The van der Waals surface area contributed by atoms with Gasteiger partial charge < -0.3 is 16.4 Å². The van der Waals surface area contributed by atoms with Crippen molar-refractivity contribution in [3.63, 3.8) is 0 Å². The van der Waals surface area contributed by atoms with Gasteiger partial charge in [-0.3, -0.25) is 9.59 Å². The van der Waals surface area contributed by atoms with E-state index in [0.717, 1.165) is 0 Å². The third-order valence-electron chi connectivity index (χ3n) is 1.99. The lowest BCUT2D eigenvalue weighted by Crippen LogP contribution is -2.36. The minimum Gasteiger partial charge on any atom is -0.346 e. The first-order valence-corrected chi connectivity index (χ1v) is 6.20. The molecule has 0 radical (unpaired) electrons. The molecule has 2 amide bonds. The van der Waals surface area contributed by atoms with E-state index in [1.807, 2.05) is 0 Å². The van der Waals surface area contributed by atoms with Gasteiger partial charge in [-0.15, -0.1) is 0 Å². The van der Waals surface area contributed by atoms with E-state index in [1.54, 1.807) is 0 Å². The van der Waals surface area contributed by atoms with Crippen LogP contribution < -0.4 is 16.4 Å². The molecule has 0 aliphatic rings. The van der Waals surface area contributed by atoms with Crippen LogP contribution in [0.25, 0.3) is 0 Å². The Morgan fingerprint density at radius 1 is 1.21 bits per heavy atom. The zero-order chi connectivity index (χ0) is 14.3. The van der Waals surface area contributed by atoms with Crippen molar-refractivity contribution in [1.82, 2.24) is 5.32 Å². The number of hydrogen-bond donors (Lipinski definition) is 3. The molecule has 5 nitrogen and oxygen atoms in total. The number of hydrogen-bond acceptors (Lipinski definition) is 4. The number of thioether (sulfide) groups is 1. The van der Waals surface area contributed by atoms with Gasteiger partial charge >= 0.3 is 0 Å². The highest BCUT2D eigenvalue weighted by Gasteiger charge is 2.07. The smallest absolute Gasteiger partial charge is 0.288 e. The van der Waals surface area contributed by atoms with Crippen LogP contribution in [0.15, 0.2) is 29.2 Å². The molecule has 1 rings (SSSR count). The monoisotopic (exact) mass is 289 g/mol. The predicted molar refractivity (Wildman–Crippen MR) is 69.0 cm³/mol. The van der Waals surface area contributed by atoms with Crippen molar-refractivity contribution in [3.05, 3.63) is 24.3 Å². The molecule has 0 unspecified atom stereocenters. The van der Waals surface area contributed by atoms with E-state index in [-0.39, 0.29) is 13.1 Å². The molecule has 0 aliphatic carbocycles. The lowest BCUT2D eigenvalue weighted by atomic mass is 10.3. The van der Waals surface area contributed by atoms with Crippen LogP contribution in [0.4, 0.5) is 14.5 Å². The molecular formula is C11H13F2N3O2S. The molecule has 0 aromatic heterocycles. The molecule has 4 N–H and O–H groups in total. The van der Waals surface area contributed by atoms with Crippen molar-refractivity contribution in [2.24, 2.45) is 5.73 Å². The first-order chi connectivity index (χ1) is 9.01. The van der Waals surface area contributed by atoms with Crippen LogP contribution in [-0.4, -0.2) is 30.7 Å². The summed E-state index contributed by atoms with van der Waals surface area (Å²) < 4.78 is 24.2. The van der Waals surface area contributed by atoms with E-state index in [0.29, 0.717) is 22.3 Å². The van der Waals surface area contributed by atoms with E-state index in [1.165, 1.54) is 24.3 Å². The summed E-state index contributed by atoms with van der Waals surface area (Å²) in [6.45, 7) is -0.379. The Morgan fingerprint density at radius 3 is 2.37 bits per heavy atom. The number of alkyl halides is 2. The summed E-state index contributed by atoms with van der Waals surface area (Å²) in [5.74, 6) is -3.33. The molecule has 0 aliphatic heterocycles. The average molecular weight is 289 g/mol. The van der Waals surface area contributed by atoms with E-state index in [9.17, 15) is 18.4 Å². The molecule has 0 bridgehead atoms. The third-order valence-corrected chi connectivity index (χ3v) is 2.72. The normalized spacial score (nSPS) is 10.3. The minimum atomic E-state index is -2.48. The highest BCUT2D eigenvalue weighted by atomic mass is 32.2. The molecule has 0 atom stereocenters. The molecule has 0 saturated heterocycles. The van der Waals surface area contributed by atoms with Crippen LogP contribution in [0.2, 0.25) is 0 Å². The second kappa shape index (κ2) is 7.70. The molecule has 0 heterocycles.